The summed E-state index contributed by atoms with van der Waals surface area (Å²) in [4.78, 5) is 2.22. The summed E-state index contributed by atoms with van der Waals surface area (Å²) in [5, 5.41) is 4.04. The van der Waals surface area contributed by atoms with Crippen molar-refractivity contribution in [3.63, 3.8) is 0 Å². The lowest BCUT2D eigenvalue weighted by Gasteiger charge is -2.39. The first-order valence-corrected chi connectivity index (χ1v) is 10.9. The van der Waals surface area contributed by atoms with Crippen LogP contribution in [-0.2, 0) is 6.42 Å². The van der Waals surface area contributed by atoms with Crippen LogP contribution in [0.4, 0.5) is 0 Å². The molecule has 6 heteroatoms. The van der Waals surface area contributed by atoms with Crippen LogP contribution < -0.4 is 19.5 Å². The van der Waals surface area contributed by atoms with Crippen LogP contribution in [0.2, 0.25) is 0 Å². The number of benzene rings is 2. The molecule has 0 amide bonds. The van der Waals surface area contributed by atoms with Crippen LogP contribution in [0.1, 0.15) is 49.4 Å². The molecule has 0 spiro atoms. The highest BCUT2D eigenvalue weighted by atomic mass is 32.1. The predicted octanol–water partition coefficient (Wildman–Crippen LogP) is 4.70. The molecule has 30 heavy (non-hydrogen) atoms. The van der Waals surface area contributed by atoms with E-state index in [2.05, 4.69) is 55.3 Å². The normalized spacial score (nSPS) is 15.5. The van der Waals surface area contributed by atoms with Gasteiger partial charge in [0.25, 0.3) is 0 Å². The molecule has 162 valence electrons. The lowest BCUT2D eigenvalue weighted by atomic mass is 9.92. The number of thiocarbonyl (C=S) groups is 1. The largest absolute Gasteiger partial charge is 0.493 e. The van der Waals surface area contributed by atoms with Gasteiger partial charge in [-0.25, -0.2) is 0 Å². The lowest BCUT2D eigenvalue weighted by molar-refractivity contribution is 0.187. The van der Waals surface area contributed by atoms with Gasteiger partial charge in [0.1, 0.15) is 12.4 Å². The Morgan fingerprint density at radius 1 is 1.13 bits per heavy atom. The molecule has 3 rings (SSSR count). The quantitative estimate of drug-likeness (QED) is 0.645. The van der Waals surface area contributed by atoms with Crippen molar-refractivity contribution in [3.05, 3.63) is 53.1 Å². The van der Waals surface area contributed by atoms with Crippen molar-refractivity contribution < 1.29 is 14.2 Å². The Bertz CT molecular complexity index is 867. The van der Waals surface area contributed by atoms with E-state index in [9.17, 15) is 0 Å². The Morgan fingerprint density at radius 3 is 2.40 bits per heavy atom. The third-order valence-corrected chi connectivity index (χ3v) is 5.93. The summed E-state index contributed by atoms with van der Waals surface area (Å²) in [6.45, 7) is 8.55. The Balaban J connectivity index is 1.89. The number of methoxy groups -OCH3 is 2. The number of ether oxygens (including phenoxy) is 3. The fraction of sp³-hybridized carbons (Fsp3) is 0.458. The van der Waals surface area contributed by atoms with Crippen molar-refractivity contribution in [1.29, 1.82) is 0 Å². The average Bonchev–Trinajstić information content (AvgIpc) is 2.76. The zero-order valence-electron chi connectivity index (χ0n) is 18.5. The number of nitrogens with zero attached hydrogens (tertiary/aromatic N) is 1. The summed E-state index contributed by atoms with van der Waals surface area (Å²) in [6, 6.07) is 12.5. The smallest absolute Gasteiger partial charge is 0.169 e. The number of rotatable bonds is 7. The van der Waals surface area contributed by atoms with Crippen LogP contribution >= 0.6 is 12.2 Å². The fourth-order valence-corrected chi connectivity index (χ4v) is 4.19. The van der Waals surface area contributed by atoms with Gasteiger partial charge in [-0.3, -0.25) is 0 Å². The zero-order chi connectivity index (χ0) is 21.7. The Kier molecular flexibility index (Phi) is 7.43. The molecule has 2 aromatic rings. The third-order valence-electron chi connectivity index (χ3n) is 5.55. The molecule has 0 saturated heterocycles. The first kappa shape index (κ1) is 22.2. The standard InChI is InChI=1S/C24H32N2O3S/c1-6-25-24(30)26-12-11-18-13-22(27-4)23(28-5)14-20(18)21(26)15-29-19-9-7-17(8-10-19)16(2)3/h7-10,13-14,16,21H,6,11-12,15H2,1-5H3,(H,25,30). The summed E-state index contributed by atoms with van der Waals surface area (Å²) < 4.78 is 17.3. The molecule has 2 aromatic carbocycles. The van der Waals surface area contributed by atoms with Crippen molar-refractivity contribution in [3.8, 4) is 17.2 Å². The monoisotopic (exact) mass is 428 g/mol. The SMILES string of the molecule is CCNC(=S)N1CCc2cc(OC)c(OC)cc2C1COc1ccc(C(C)C)cc1. The summed E-state index contributed by atoms with van der Waals surface area (Å²) >= 11 is 5.67. The van der Waals surface area contributed by atoms with Gasteiger partial charge in [-0.05, 0) is 72.4 Å². The van der Waals surface area contributed by atoms with E-state index in [-0.39, 0.29) is 6.04 Å². The predicted molar refractivity (Wildman–Crippen MR) is 125 cm³/mol. The van der Waals surface area contributed by atoms with E-state index in [1.807, 2.05) is 12.1 Å². The number of fused-ring (bicyclic) bond motifs is 1. The molecule has 0 radical (unpaired) electrons. The molecule has 1 unspecified atom stereocenters. The first-order valence-electron chi connectivity index (χ1n) is 10.5. The van der Waals surface area contributed by atoms with Gasteiger partial charge in [0.15, 0.2) is 16.6 Å². The van der Waals surface area contributed by atoms with Crippen molar-refractivity contribution >= 4 is 17.3 Å². The number of nitrogens with one attached hydrogen (secondary N) is 1. The second kappa shape index (κ2) is 10.0. The molecule has 5 nitrogen and oxygen atoms in total. The zero-order valence-corrected chi connectivity index (χ0v) is 19.3. The van der Waals surface area contributed by atoms with Gasteiger partial charge in [-0.2, -0.15) is 0 Å². The maximum absolute atomic E-state index is 6.22. The van der Waals surface area contributed by atoms with Crippen molar-refractivity contribution in [2.75, 3.05) is 33.9 Å². The van der Waals surface area contributed by atoms with Gasteiger partial charge >= 0.3 is 0 Å². The van der Waals surface area contributed by atoms with Crippen molar-refractivity contribution in [1.82, 2.24) is 10.2 Å². The second-order valence-corrected chi connectivity index (χ2v) is 8.12. The minimum absolute atomic E-state index is 0.00937. The number of hydrogen-bond acceptors (Lipinski definition) is 4. The first-order chi connectivity index (χ1) is 14.5. The molecule has 1 aliphatic rings. The maximum atomic E-state index is 6.22. The van der Waals surface area contributed by atoms with Crippen molar-refractivity contribution in [2.24, 2.45) is 0 Å². The molecular formula is C24H32N2O3S. The Hall–Kier alpha value is -2.47. The number of hydrogen-bond donors (Lipinski definition) is 1. The summed E-state index contributed by atoms with van der Waals surface area (Å²) in [6.07, 6.45) is 0.890. The van der Waals surface area contributed by atoms with Gasteiger partial charge in [0, 0.05) is 13.1 Å². The van der Waals surface area contributed by atoms with Crippen LogP contribution in [-0.4, -0.2) is 43.9 Å². The van der Waals surface area contributed by atoms with E-state index in [4.69, 9.17) is 26.4 Å². The van der Waals surface area contributed by atoms with E-state index in [0.29, 0.717) is 12.5 Å². The molecule has 0 aromatic heterocycles. The molecule has 0 bridgehead atoms. The van der Waals surface area contributed by atoms with E-state index >= 15 is 0 Å². The lowest BCUT2D eigenvalue weighted by Crippen LogP contribution is -2.47. The van der Waals surface area contributed by atoms with Crippen LogP contribution in [0.3, 0.4) is 0 Å². The molecular weight excluding hydrogens is 396 g/mol. The highest BCUT2D eigenvalue weighted by Gasteiger charge is 2.31. The molecule has 1 aliphatic heterocycles. The van der Waals surface area contributed by atoms with Gasteiger partial charge in [-0.15, -0.1) is 0 Å². The van der Waals surface area contributed by atoms with E-state index in [1.165, 1.54) is 11.1 Å². The second-order valence-electron chi connectivity index (χ2n) is 7.74. The molecule has 0 saturated carbocycles. The molecule has 1 heterocycles. The Morgan fingerprint density at radius 2 is 1.80 bits per heavy atom. The maximum Gasteiger partial charge on any atom is 0.169 e. The van der Waals surface area contributed by atoms with Gasteiger partial charge in [-0.1, -0.05) is 26.0 Å². The summed E-state index contributed by atoms with van der Waals surface area (Å²) in [5.74, 6) is 2.84. The molecule has 0 fully saturated rings. The van der Waals surface area contributed by atoms with Crippen molar-refractivity contribution in [2.45, 2.75) is 39.2 Å². The Labute approximate surface area is 185 Å². The van der Waals surface area contributed by atoms with E-state index < -0.39 is 0 Å². The van der Waals surface area contributed by atoms with Gasteiger partial charge < -0.3 is 24.4 Å². The van der Waals surface area contributed by atoms with Crippen LogP contribution in [0.5, 0.6) is 17.2 Å². The minimum Gasteiger partial charge on any atom is -0.493 e. The third kappa shape index (κ3) is 4.81. The highest BCUT2D eigenvalue weighted by molar-refractivity contribution is 7.80. The van der Waals surface area contributed by atoms with Gasteiger partial charge in [0.05, 0.1) is 20.3 Å². The average molecular weight is 429 g/mol. The van der Waals surface area contributed by atoms with E-state index in [1.54, 1.807) is 14.2 Å². The van der Waals surface area contributed by atoms with Crippen LogP contribution in [0, 0.1) is 0 Å². The highest BCUT2D eigenvalue weighted by Crippen LogP contribution is 2.38. The topological polar surface area (TPSA) is 43.0 Å². The van der Waals surface area contributed by atoms with Crippen LogP contribution in [0.25, 0.3) is 0 Å². The molecule has 0 aliphatic carbocycles. The minimum atomic E-state index is -0.00937. The summed E-state index contributed by atoms with van der Waals surface area (Å²) in [7, 11) is 3.33. The van der Waals surface area contributed by atoms with Crippen LogP contribution in [0.15, 0.2) is 36.4 Å². The van der Waals surface area contributed by atoms with E-state index in [0.717, 1.165) is 47.4 Å². The molecule has 1 atom stereocenters. The van der Waals surface area contributed by atoms with Gasteiger partial charge in [0.2, 0.25) is 0 Å². The summed E-state index contributed by atoms with van der Waals surface area (Å²) in [5.41, 5.74) is 3.71. The fourth-order valence-electron chi connectivity index (χ4n) is 3.83. The molecule has 1 N–H and O–H groups in total.